The molecule has 10 nitrogen and oxygen atoms in total. The molecule has 0 heterocycles. The van der Waals surface area contributed by atoms with Crippen LogP contribution in [0.1, 0.15) is 65.9 Å². The third-order valence-corrected chi connectivity index (χ3v) is 9.62. The summed E-state index contributed by atoms with van der Waals surface area (Å²) in [6.45, 7) is 9.07. The molecule has 1 aromatic carbocycles. The van der Waals surface area contributed by atoms with Gasteiger partial charge in [0.1, 0.15) is 0 Å². The molecule has 12 heteroatoms. The number of benzene rings is 1. The molecule has 1 aromatic rings. The fourth-order valence-corrected chi connectivity index (χ4v) is 8.58. The van der Waals surface area contributed by atoms with Crippen molar-refractivity contribution in [3.63, 3.8) is 0 Å². The van der Waals surface area contributed by atoms with Gasteiger partial charge in [-0.15, -0.1) is 0 Å². The first-order valence-electron chi connectivity index (χ1n) is 13.8. The van der Waals surface area contributed by atoms with Crippen LogP contribution in [0.25, 0.3) is 0 Å². The van der Waals surface area contributed by atoms with E-state index in [1.807, 2.05) is 50.4 Å². The topological polar surface area (TPSA) is 140 Å². The van der Waals surface area contributed by atoms with E-state index in [-0.39, 0.29) is 30.2 Å². The molecule has 227 valence electrons. The number of carbonyl (C=O) groups is 5. The Bertz CT molecular complexity index is 1000. The van der Waals surface area contributed by atoms with Gasteiger partial charge in [-0.3, -0.25) is 0 Å². The molecule has 0 aliphatic carbocycles. The molecule has 3 atom stereocenters. The molecule has 0 aliphatic heterocycles. The molecule has 0 fully saturated rings. The predicted octanol–water partition coefficient (Wildman–Crippen LogP) is 3.41. The summed E-state index contributed by atoms with van der Waals surface area (Å²) in [4.78, 5) is 62.8. The fourth-order valence-electron chi connectivity index (χ4n) is 4.01. The second-order valence-corrected chi connectivity index (χ2v) is 16.4. The number of methoxy groups -OCH3 is 1. The Labute approximate surface area is 263 Å². The molecular formula is C29H45N3O7SY. The van der Waals surface area contributed by atoms with Crippen LogP contribution in [0.5, 0.6) is 0 Å². The average molecular weight is 669 g/mol. The minimum atomic E-state index is -2.08. The van der Waals surface area contributed by atoms with Crippen molar-refractivity contribution >= 4 is 38.2 Å². The van der Waals surface area contributed by atoms with Crippen molar-refractivity contribution < 1.29 is 62.6 Å². The molecule has 3 N–H and O–H groups in total. The zero-order valence-corrected chi connectivity index (χ0v) is 28.9. The summed E-state index contributed by atoms with van der Waals surface area (Å²) in [5, 5.41) is 8.67. The van der Waals surface area contributed by atoms with E-state index < -0.39 is 64.7 Å². The van der Waals surface area contributed by atoms with Gasteiger partial charge < -0.3 is 0 Å². The normalized spacial score (nSPS) is 13.3. The standard InChI is InChI=1S/C17H31N2O4S.C12H14NO3.Y/c1-12(2)7-9-18-14(20)11-13(8-10-24-6)19-15(21)16(22)23-17(3,4)5;1-16-12(15)8-11(13-9-14)7-10-5-3-2-4-6-10;/h9,12-13H,7-8,10-11H2,1-6H3,(H,18,20)(H,19,21);2-6,11H,7-8H2,1H3,(H,13,14);/t13-;11-;/m00./s1. The van der Waals surface area contributed by atoms with E-state index in [1.54, 1.807) is 32.5 Å². The van der Waals surface area contributed by atoms with E-state index in [0.717, 1.165) is 5.56 Å². The average Bonchev–Trinajstić information content (AvgIpc) is 2.86. The minimum absolute atomic E-state index is 0.0209. The Morgan fingerprint density at radius 2 is 1.61 bits per heavy atom. The van der Waals surface area contributed by atoms with Gasteiger partial charge >= 0.3 is 265 Å². The van der Waals surface area contributed by atoms with Crippen molar-refractivity contribution in [2.45, 2.75) is 87.3 Å². The van der Waals surface area contributed by atoms with Crippen LogP contribution in [0.15, 0.2) is 30.3 Å². The number of hydrogen-bond donors (Lipinski definition) is 3. The summed E-state index contributed by atoms with van der Waals surface area (Å²) < 4.78 is 9.59. The maximum atomic E-state index is 13.1. The number of hydrogen-bond acceptors (Lipinski definition) is 8. The first kappa shape index (κ1) is 37.0. The molecule has 0 radical (unpaired) electrons. The SMILES string of the molecule is COC(=O)C[C@H](Cc1ccccc1)N[C](=O)[Y][C@H](CC(C)C)NC(=O)C[C@H](CCSC)NC(=O)C(=O)OC(C)(C)C. The molecule has 0 unspecified atom stereocenters. The zero-order chi connectivity index (χ0) is 31.0. The molecule has 41 heavy (non-hydrogen) atoms. The summed E-state index contributed by atoms with van der Waals surface area (Å²) in [5.74, 6) is -1.64. The number of thioether (sulfide) groups is 1. The van der Waals surface area contributed by atoms with Crippen molar-refractivity contribution in [2.75, 3.05) is 19.1 Å². The van der Waals surface area contributed by atoms with E-state index in [2.05, 4.69) is 16.0 Å². The predicted molar refractivity (Wildman–Crippen MR) is 156 cm³/mol. The van der Waals surface area contributed by atoms with E-state index in [1.165, 1.54) is 7.11 Å². The van der Waals surface area contributed by atoms with Gasteiger partial charge in [0.15, 0.2) is 0 Å². The van der Waals surface area contributed by atoms with Crippen LogP contribution in [-0.4, -0.2) is 66.1 Å². The molecule has 0 saturated carbocycles. The van der Waals surface area contributed by atoms with E-state index in [9.17, 15) is 24.0 Å². The van der Waals surface area contributed by atoms with Gasteiger partial charge in [0, 0.05) is 0 Å². The Kier molecular flexibility index (Phi) is 17.4. The molecule has 0 aromatic heterocycles. The first-order valence-corrected chi connectivity index (χ1v) is 18.3. The van der Waals surface area contributed by atoms with Crippen molar-refractivity contribution in [1.82, 2.24) is 16.0 Å². The molecule has 0 saturated heterocycles. The summed E-state index contributed by atoms with van der Waals surface area (Å²) in [7, 11) is 1.32. The number of carbonyl (C=O) groups excluding carboxylic acids is 5. The van der Waals surface area contributed by atoms with Crippen molar-refractivity contribution in [3.05, 3.63) is 35.9 Å². The molecule has 3 amide bonds. The van der Waals surface area contributed by atoms with Gasteiger partial charge in [-0.05, 0) is 0 Å². The van der Waals surface area contributed by atoms with Crippen LogP contribution in [0.2, 0.25) is 0 Å². The molecule has 0 spiro atoms. The second kappa shape index (κ2) is 19.3. The second-order valence-electron chi connectivity index (χ2n) is 11.3. The monoisotopic (exact) mass is 668 g/mol. The number of amides is 3. The van der Waals surface area contributed by atoms with Crippen LogP contribution in [-0.2, 0) is 64.3 Å². The summed E-state index contributed by atoms with van der Waals surface area (Å²) in [5.41, 5.74) is 0.181. The number of nitrogens with one attached hydrogen (secondary N) is 3. The number of esters is 2. The Balaban J connectivity index is 2.87. The summed E-state index contributed by atoms with van der Waals surface area (Å²) in [6, 6.07) is 8.61. The van der Waals surface area contributed by atoms with E-state index in [0.29, 0.717) is 25.0 Å². The van der Waals surface area contributed by atoms with Gasteiger partial charge in [-0.2, -0.15) is 0 Å². The van der Waals surface area contributed by atoms with Gasteiger partial charge in [0.25, 0.3) is 0 Å². The number of ether oxygens (including phenoxy) is 2. The molecular weight excluding hydrogens is 623 g/mol. The third-order valence-electron chi connectivity index (χ3n) is 5.76. The van der Waals surface area contributed by atoms with Crippen LogP contribution in [0, 0.1) is 5.92 Å². The van der Waals surface area contributed by atoms with Gasteiger partial charge in [-0.1, -0.05) is 0 Å². The number of rotatable bonds is 16. The Morgan fingerprint density at radius 3 is 2.17 bits per heavy atom. The van der Waals surface area contributed by atoms with Crippen LogP contribution >= 0.6 is 11.8 Å². The van der Waals surface area contributed by atoms with Crippen LogP contribution in [0.3, 0.4) is 0 Å². The van der Waals surface area contributed by atoms with Gasteiger partial charge in [-0.25, -0.2) is 0 Å². The quantitative estimate of drug-likeness (QED) is 0.180. The fraction of sp³-hybridized carbons (Fsp3) is 0.621. The third kappa shape index (κ3) is 17.6. The van der Waals surface area contributed by atoms with E-state index in [4.69, 9.17) is 9.47 Å². The van der Waals surface area contributed by atoms with Crippen molar-refractivity contribution in [1.29, 1.82) is 0 Å². The summed E-state index contributed by atoms with van der Waals surface area (Å²) in [6.07, 6.45) is 3.57. The molecule has 0 aliphatic rings. The molecule has 1 rings (SSSR count). The van der Waals surface area contributed by atoms with E-state index >= 15 is 0 Å². The zero-order valence-electron chi connectivity index (χ0n) is 25.3. The van der Waals surface area contributed by atoms with Gasteiger partial charge in [0.2, 0.25) is 0 Å². The van der Waals surface area contributed by atoms with Crippen molar-refractivity contribution in [2.24, 2.45) is 5.92 Å². The summed E-state index contributed by atoms with van der Waals surface area (Å²) >= 11 is -0.508. The maximum absolute atomic E-state index is 13.1. The molecule has 0 bridgehead atoms. The van der Waals surface area contributed by atoms with Crippen molar-refractivity contribution in [3.8, 4) is 0 Å². The van der Waals surface area contributed by atoms with Crippen LogP contribution in [0.4, 0.5) is 4.79 Å². The first-order chi connectivity index (χ1) is 19.2. The van der Waals surface area contributed by atoms with Crippen LogP contribution < -0.4 is 16.0 Å². The van der Waals surface area contributed by atoms with Gasteiger partial charge in [0.05, 0.1) is 0 Å². The Hall–Kier alpha value is -1.98. The Morgan fingerprint density at radius 1 is 0.951 bits per heavy atom.